The van der Waals surface area contributed by atoms with E-state index in [1.54, 1.807) is 21.8 Å². The smallest absolute Gasteiger partial charge is 0.319 e. The van der Waals surface area contributed by atoms with Crippen LogP contribution in [0.4, 0.5) is 14.8 Å². The average Bonchev–Trinajstić information content (AvgIpc) is 3.39. The Bertz CT molecular complexity index is 1120. The zero-order valence-electron chi connectivity index (χ0n) is 13.7. The predicted molar refractivity (Wildman–Crippen MR) is 90.9 cm³/mol. The van der Waals surface area contributed by atoms with E-state index in [1.165, 1.54) is 0 Å². The number of hydrogen-bond acceptors (Lipinski definition) is 6. The molecule has 0 amide bonds. The zero-order valence-corrected chi connectivity index (χ0v) is 14.4. The zero-order chi connectivity index (χ0) is 18.5. The first-order valence-corrected chi connectivity index (χ1v) is 8.54. The van der Waals surface area contributed by atoms with Crippen LogP contribution in [0, 0.1) is 0 Å². The Morgan fingerprint density at radius 2 is 2.19 bits per heavy atom. The highest BCUT2D eigenvalue weighted by molar-refractivity contribution is 6.29. The van der Waals surface area contributed by atoms with Gasteiger partial charge in [0, 0.05) is 18.7 Å². The molecule has 1 atom stereocenters. The van der Waals surface area contributed by atoms with E-state index in [2.05, 4.69) is 25.3 Å². The van der Waals surface area contributed by atoms with E-state index in [1.807, 2.05) is 18.2 Å². The number of fused-ring (bicyclic) bond motifs is 2. The maximum atomic E-state index is 12.9. The summed E-state index contributed by atoms with van der Waals surface area (Å²) in [6.45, 7) is 0.479. The lowest BCUT2D eigenvalue weighted by atomic mass is 10.0. The highest BCUT2D eigenvalue weighted by Crippen LogP contribution is 2.37. The highest BCUT2D eigenvalue weighted by atomic mass is 35.5. The van der Waals surface area contributed by atoms with Gasteiger partial charge in [0.25, 0.3) is 5.89 Å². The largest absolute Gasteiger partial charge is 0.402 e. The van der Waals surface area contributed by atoms with Crippen LogP contribution in [0.5, 0.6) is 0 Å². The van der Waals surface area contributed by atoms with Gasteiger partial charge in [-0.2, -0.15) is 13.9 Å². The van der Waals surface area contributed by atoms with Crippen LogP contribution in [0.3, 0.4) is 0 Å². The van der Waals surface area contributed by atoms with E-state index < -0.39 is 18.4 Å². The van der Waals surface area contributed by atoms with Gasteiger partial charge in [-0.3, -0.25) is 0 Å². The summed E-state index contributed by atoms with van der Waals surface area (Å²) in [5, 5.41) is 12.3. The molecule has 0 bridgehead atoms. The van der Waals surface area contributed by atoms with Crippen molar-refractivity contribution in [3.63, 3.8) is 0 Å². The number of aromatic amines is 1. The Morgan fingerprint density at radius 1 is 1.30 bits per heavy atom. The molecule has 138 valence electrons. The molecule has 0 aromatic carbocycles. The van der Waals surface area contributed by atoms with Gasteiger partial charge in [0.05, 0.1) is 23.2 Å². The number of aromatic nitrogens is 6. The third kappa shape index (κ3) is 2.55. The number of nitrogens with zero attached hydrogens (tertiary/aromatic N) is 6. The first-order valence-electron chi connectivity index (χ1n) is 8.16. The molecule has 0 spiro atoms. The predicted octanol–water partition coefficient (Wildman–Crippen LogP) is 3.18. The normalized spacial score (nSPS) is 17.0. The van der Waals surface area contributed by atoms with Crippen molar-refractivity contribution < 1.29 is 13.2 Å². The Kier molecular flexibility index (Phi) is 3.61. The van der Waals surface area contributed by atoms with Gasteiger partial charge in [-0.1, -0.05) is 22.8 Å². The third-order valence-electron chi connectivity index (χ3n) is 4.53. The molecular weight excluding hydrogens is 380 g/mol. The van der Waals surface area contributed by atoms with E-state index >= 15 is 0 Å². The summed E-state index contributed by atoms with van der Waals surface area (Å²) in [5.41, 5.74) is 3.14. The molecule has 5 rings (SSSR count). The molecule has 0 aliphatic carbocycles. The number of H-pyrrole nitrogens is 1. The molecule has 27 heavy (non-hydrogen) atoms. The topological polar surface area (TPSA) is 88.1 Å². The monoisotopic (exact) mass is 391 g/mol. The number of pyridine rings is 1. The third-order valence-corrected chi connectivity index (χ3v) is 4.81. The van der Waals surface area contributed by atoms with Crippen LogP contribution >= 0.6 is 11.6 Å². The number of rotatable bonds is 3. The SMILES string of the molecule is FC(F)c1nnc(N2CCc3[nH]cnc3C2c2cc3cccc(Cl)n3n2)o1. The van der Waals surface area contributed by atoms with Crippen molar-refractivity contribution in [2.45, 2.75) is 18.9 Å². The van der Waals surface area contributed by atoms with Crippen LogP contribution < -0.4 is 4.90 Å². The molecule has 1 aliphatic rings. The van der Waals surface area contributed by atoms with E-state index in [4.69, 9.17) is 16.0 Å². The molecule has 4 aromatic rings. The van der Waals surface area contributed by atoms with Crippen molar-refractivity contribution in [1.29, 1.82) is 0 Å². The van der Waals surface area contributed by atoms with E-state index in [0.717, 1.165) is 16.9 Å². The number of hydrogen-bond donors (Lipinski definition) is 1. The fraction of sp³-hybridized carbons (Fsp3) is 0.250. The van der Waals surface area contributed by atoms with Gasteiger partial charge in [-0.05, 0) is 18.2 Å². The Hall–Kier alpha value is -3.01. The maximum absolute atomic E-state index is 12.9. The summed E-state index contributed by atoms with van der Waals surface area (Å²) < 4.78 is 32.5. The summed E-state index contributed by atoms with van der Waals surface area (Å²) in [6.07, 6.45) is -0.598. The minimum absolute atomic E-state index is 0.00658. The quantitative estimate of drug-likeness (QED) is 0.540. The van der Waals surface area contributed by atoms with Crippen molar-refractivity contribution in [1.82, 2.24) is 29.8 Å². The van der Waals surface area contributed by atoms with Gasteiger partial charge in [0.2, 0.25) is 0 Å². The summed E-state index contributed by atoms with van der Waals surface area (Å²) in [5.74, 6) is -0.713. The summed E-state index contributed by atoms with van der Waals surface area (Å²) >= 11 is 6.22. The fourth-order valence-corrected chi connectivity index (χ4v) is 3.56. The lowest BCUT2D eigenvalue weighted by Crippen LogP contribution is -2.37. The van der Waals surface area contributed by atoms with Gasteiger partial charge in [0.15, 0.2) is 0 Å². The van der Waals surface area contributed by atoms with Crippen molar-refractivity contribution in [2.24, 2.45) is 0 Å². The molecule has 0 fully saturated rings. The van der Waals surface area contributed by atoms with Crippen molar-refractivity contribution in [2.75, 3.05) is 11.4 Å². The van der Waals surface area contributed by atoms with Crippen LogP contribution in [0.1, 0.15) is 35.4 Å². The lowest BCUT2D eigenvalue weighted by molar-refractivity contribution is 0.115. The second-order valence-corrected chi connectivity index (χ2v) is 6.48. The van der Waals surface area contributed by atoms with Crippen molar-refractivity contribution in [3.05, 3.63) is 58.7 Å². The Morgan fingerprint density at radius 3 is 2.96 bits per heavy atom. The van der Waals surface area contributed by atoms with E-state index in [-0.39, 0.29) is 6.01 Å². The number of nitrogens with one attached hydrogen (secondary N) is 1. The minimum Gasteiger partial charge on any atom is -0.402 e. The number of imidazole rings is 1. The minimum atomic E-state index is -2.83. The average molecular weight is 392 g/mol. The van der Waals surface area contributed by atoms with Gasteiger partial charge in [0.1, 0.15) is 11.2 Å². The van der Waals surface area contributed by atoms with Gasteiger partial charge in [-0.25, -0.2) is 9.50 Å². The summed E-state index contributed by atoms with van der Waals surface area (Å²) in [4.78, 5) is 9.25. The van der Waals surface area contributed by atoms with Crippen LogP contribution in [-0.2, 0) is 6.42 Å². The Labute approximate surface area is 155 Å². The highest BCUT2D eigenvalue weighted by Gasteiger charge is 2.36. The number of halogens is 3. The number of anilines is 1. The van der Waals surface area contributed by atoms with Crippen molar-refractivity contribution >= 4 is 23.1 Å². The lowest BCUT2D eigenvalue weighted by Gasteiger charge is -2.32. The van der Waals surface area contributed by atoms with Gasteiger partial charge < -0.3 is 14.3 Å². The van der Waals surface area contributed by atoms with Crippen LogP contribution in [-0.4, -0.2) is 36.3 Å². The molecular formula is C16H12ClF2N7O. The van der Waals surface area contributed by atoms with Crippen LogP contribution in [0.2, 0.25) is 5.15 Å². The van der Waals surface area contributed by atoms with E-state index in [0.29, 0.717) is 23.8 Å². The molecule has 4 aromatic heterocycles. The molecule has 1 unspecified atom stereocenters. The second-order valence-electron chi connectivity index (χ2n) is 6.09. The summed E-state index contributed by atoms with van der Waals surface area (Å²) in [7, 11) is 0. The molecule has 5 heterocycles. The molecule has 8 nitrogen and oxygen atoms in total. The first kappa shape index (κ1) is 16.2. The van der Waals surface area contributed by atoms with Crippen molar-refractivity contribution in [3.8, 4) is 0 Å². The maximum Gasteiger partial charge on any atom is 0.319 e. The van der Waals surface area contributed by atoms with Crippen LogP contribution in [0.15, 0.2) is 35.0 Å². The van der Waals surface area contributed by atoms with Gasteiger partial charge >= 0.3 is 12.4 Å². The molecule has 1 N–H and O–H groups in total. The molecule has 11 heteroatoms. The van der Waals surface area contributed by atoms with E-state index in [9.17, 15) is 8.78 Å². The van der Waals surface area contributed by atoms with Gasteiger partial charge in [-0.15, -0.1) is 5.10 Å². The summed E-state index contributed by atoms with van der Waals surface area (Å²) in [6, 6.07) is 6.85. The molecule has 0 saturated carbocycles. The second kappa shape index (κ2) is 6.02. The molecule has 1 aliphatic heterocycles. The van der Waals surface area contributed by atoms with Crippen LogP contribution in [0.25, 0.3) is 5.52 Å². The standard InChI is InChI=1S/C16H12ClF2N7O/c17-11-3-1-2-8-6-10(24-26(8)11)13-12-9(20-7-21-12)4-5-25(13)16-23-22-15(27-16)14(18)19/h1-3,6-7,13-14H,4-5H2,(H,20,21). The molecule has 0 radical (unpaired) electrons. The molecule has 0 saturated heterocycles. The number of alkyl halides is 2. The fourth-order valence-electron chi connectivity index (χ4n) is 3.35. The first-order chi connectivity index (χ1) is 13.1. The Balaban J connectivity index is 1.65.